The first kappa shape index (κ1) is 26.7. The van der Waals surface area contributed by atoms with E-state index in [1.54, 1.807) is 0 Å². The summed E-state index contributed by atoms with van der Waals surface area (Å²) in [5.74, 6) is -0.275. The lowest BCUT2D eigenvalue weighted by molar-refractivity contribution is -0.140. The molecule has 1 atom stereocenters. The minimum atomic E-state index is -0.772. The Hall–Kier alpha value is -3.91. The molecule has 204 valence electrons. The maximum atomic E-state index is 13.9. The van der Waals surface area contributed by atoms with Gasteiger partial charge in [0.25, 0.3) is 0 Å². The van der Waals surface area contributed by atoms with E-state index in [9.17, 15) is 14.4 Å². The summed E-state index contributed by atoms with van der Waals surface area (Å²) in [5.41, 5.74) is 1.82. The summed E-state index contributed by atoms with van der Waals surface area (Å²) < 4.78 is 1.82. The van der Waals surface area contributed by atoms with Crippen molar-refractivity contribution in [3.8, 4) is 0 Å². The molecule has 2 N–H and O–H groups in total. The van der Waals surface area contributed by atoms with Crippen LogP contribution in [-0.2, 0) is 16.0 Å². The number of likely N-dealkylation sites (N-methyl/N-ethyl adjacent to an activating group) is 1. The van der Waals surface area contributed by atoms with E-state index in [-0.39, 0.29) is 23.5 Å². The number of benzene rings is 3. The Bertz CT molecular complexity index is 1560. The predicted molar refractivity (Wildman–Crippen MR) is 155 cm³/mol. The second kappa shape index (κ2) is 10.7. The Balaban J connectivity index is 1.35. The number of nitrogens with one attached hydrogen (secondary N) is 2. The van der Waals surface area contributed by atoms with E-state index in [4.69, 9.17) is 0 Å². The number of para-hydroxylation sites is 2. The van der Waals surface area contributed by atoms with Gasteiger partial charge in [0.05, 0.1) is 16.6 Å². The van der Waals surface area contributed by atoms with E-state index < -0.39 is 11.6 Å². The summed E-state index contributed by atoms with van der Waals surface area (Å²) >= 11 is 0. The molecule has 0 bridgehead atoms. The lowest BCUT2D eigenvalue weighted by atomic mass is 9.97. The smallest absolute Gasteiger partial charge is 0.326 e. The zero-order chi connectivity index (χ0) is 27.7. The Morgan fingerprint density at radius 1 is 1.00 bits per heavy atom. The van der Waals surface area contributed by atoms with E-state index in [0.717, 1.165) is 27.4 Å². The van der Waals surface area contributed by atoms with Gasteiger partial charge in [-0.25, -0.2) is 4.79 Å². The van der Waals surface area contributed by atoms with Crippen molar-refractivity contribution < 1.29 is 9.59 Å². The van der Waals surface area contributed by atoms with Crippen LogP contribution in [0.3, 0.4) is 0 Å². The molecule has 1 aliphatic heterocycles. The van der Waals surface area contributed by atoms with Crippen LogP contribution in [0.5, 0.6) is 0 Å². The second-order valence-corrected chi connectivity index (χ2v) is 11.2. The van der Waals surface area contributed by atoms with Crippen molar-refractivity contribution in [2.45, 2.75) is 50.7 Å². The number of piperidine rings is 1. The molecule has 3 aromatic carbocycles. The van der Waals surface area contributed by atoms with Gasteiger partial charge in [-0.05, 0) is 69.3 Å². The number of aromatic nitrogens is 2. The number of carbonyl (C=O) groups excluding carboxylic acids is 2. The topological polar surface area (TPSA) is 90.4 Å². The lowest BCUT2D eigenvalue weighted by Crippen LogP contribution is -2.58. The Labute approximate surface area is 228 Å². The summed E-state index contributed by atoms with van der Waals surface area (Å²) in [6.07, 6.45) is 1.75. The number of aromatic amines is 1. The maximum Gasteiger partial charge on any atom is 0.326 e. The molecule has 0 saturated carbocycles. The average Bonchev–Trinajstić information content (AvgIpc) is 3.27. The van der Waals surface area contributed by atoms with E-state index in [1.807, 2.05) is 84.8 Å². The molecule has 2 amide bonds. The first-order chi connectivity index (χ1) is 18.6. The van der Waals surface area contributed by atoms with Gasteiger partial charge in [-0.1, -0.05) is 54.6 Å². The molecule has 5 rings (SSSR count). The van der Waals surface area contributed by atoms with Crippen molar-refractivity contribution in [3.05, 3.63) is 82.8 Å². The van der Waals surface area contributed by atoms with Crippen LogP contribution in [0.1, 0.15) is 38.3 Å². The van der Waals surface area contributed by atoms with E-state index in [1.165, 1.54) is 0 Å². The van der Waals surface area contributed by atoms with E-state index in [0.29, 0.717) is 32.4 Å². The first-order valence-electron chi connectivity index (χ1n) is 13.6. The van der Waals surface area contributed by atoms with Gasteiger partial charge in [0.15, 0.2) is 0 Å². The monoisotopic (exact) mass is 527 g/mol. The molecule has 1 unspecified atom stereocenters. The van der Waals surface area contributed by atoms with Crippen molar-refractivity contribution in [1.29, 1.82) is 0 Å². The standard InChI is InChI=1S/C31H37N5O3/c1-31(2,34(3)4)29(38)32-26(20-21-13-14-22-9-5-6-10-23(22)19-21)28(37)35-17-15-24(16-18-35)36-27-12-8-7-11-25(27)33-30(36)39/h5-14,19,24,26H,15-18,20H2,1-4H3,(H,32,38)(H,33,39). The summed E-state index contributed by atoms with van der Waals surface area (Å²) in [4.78, 5) is 46.5. The molecule has 39 heavy (non-hydrogen) atoms. The largest absolute Gasteiger partial charge is 0.342 e. The SMILES string of the molecule is CN(C)C(C)(C)C(=O)NC(Cc1ccc2ccccc2c1)C(=O)N1CCC(n2c(=O)[nH]c3ccccc32)CC1. The minimum Gasteiger partial charge on any atom is -0.342 e. The summed E-state index contributed by atoms with van der Waals surface area (Å²) in [5, 5.41) is 5.31. The number of rotatable bonds is 7. The van der Waals surface area contributed by atoms with Crippen molar-refractivity contribution in [2.24, 2.45) is 0 Å². The molecule has 8 heteroatoms. The van der Waals surface area contributed by atoms with Gasteiger partial charge in [0.1, 0.15) is 6.04 Å². The third-order valence-electron chi connectivity index (χ3n) is 8.30. The average molecular weight is 528 g/mol. The molecule has 1 saturated heterocycles. The Morgan fingerprint density at radius 2 is 1.67 bits per heavy atom. The highest BCUT2D eigenvalue weighted by Crippen LogP contribution is 2.26. The third-order valence-corrected chi connectivity index (χ3v) is 8.30. The fraction of sp³-hybridized carbons (Fsp3) is 0.387. The molecule has 4 aromatic rings. The van der Waals surface area contributed by atoms with Crippen LogP contribution in [0.2, 0.25) is 0 Å². The molecule has 2 heterocycles. The third kappa shape index (κ3) is 5.34. The number of carbonyl (C=O) groups is 2. The van der Waals surface area contributed by atoms with Crippen LogP contribution < -0.4 is 11.0 Å². The van der Waals surface area contributed by atoms with Crippen LogP contribution in [-0.4, -0.2) is 69.9 Å². The van der Waals surface area contributed by atoms with Gasteiger partial charge in [0, 0.05) is 25.6 Å². The second-order valence-electron chi connectivity index (χ2n) is 11.2. The quantitative estimate of drug-likeness (QED) is 0.383. The van der Waals surface area contributed by atoms with E-state index >= 15 is 0 Å². The number of H-pyrrole nitrogens is 1. The number of hydrogen-bond acceptors (Lipinski definition) is 4. The van der Waals surface area contributed by atoms with Gasteiger partial charge < -0.3 is 15.2 Å². The molecule has 1 aromatic heterocycles. The Kier molecular flexibility index (Phi) is 7.32. The highest BCUT2D eigenvalue weighted by molar-refractivity contribution is 5.92. The number of likely N-dealkylation sites (tertiary alicyclic amines) is 1. The van der Waals surface area contributed by atoms with Crippen LogP contribution in [0.15, 0.2) is 71.5 Å². The zero-order valence-corrected chi connectivity index (χ0v) is 23.1. The zero-order valence-electron chi connectivity index (χ0n) is 23.1. The number of amides is 2. The Morgan fingerprint density at radius 3 is 2.38 bits per heavy atom. The minimum absolute atomic E-state index is 0.0129. The highest BCUT2D eigenvalue weighted by atomic mass is 16.2. The number of nitrogens with zero attached hydrogens (tertiary/aromatic N) is 3. The normalized spacial score (nSPS) is 15.7. The molecule has 0 aliphatic carbocycles. The molecule has 8 nitrogen and oxygen atoms in total. The fourth-order valence-corrected chi connectivity index (χ4v) is 5.34. The van der Waals surface area contributed by atoms with Gasteiger partial charge >= 0.3 is 5.69 Å². The van der Waals surface area contributed by atoms with Crippen LogP contribution in [0.4, 0.5) is 0 Å². The summed E-state index contributed by atoms with van der Waals surface area (Å²) in [6, 6.07) is 21.3. The van der Waals surface area contributed by atoms with Gasteiger partial charge in [0.2, 0.25) is 11.8 Å². The molecule has 1 fully saturated rings. The van der Waals surface area contributed by atoms with Crippen LogP contribution >= 0.6 is 0 Å². The predicted octanol–water partition coefficient (Wildman–Crippen LogP) is 3.71. The van der Waals surface area contributed by atoms with Crippen molar-refractivity contribution in [1.82, 2.24) is 24.7 Å². The van der Waals surface area contributed by atoms with Crippen molar-refractivity contribution >= 4 is 33.6 Å². The summed E-state index contributed by atoms with van der Waals surface area (Å²) in [7, 11) is 3.72. The molecule has 0 radical (unpaired) electrons. The van der Waals surface area contributed by atoms with Gasteiger partial charge in [-0.15, -0.1) is 0 Å². The first-order valence-corrected chi connectivity index (χ1v) is 13.6. The number of hydrogen-bond donors (Lipinski definition) is 2. The maximum absolute atomic E-state index is 13.9. The number of fused-ring (bicyclic) bond motifs is 2. The van der Waals surface area contributed by atoms with E-state index in [2.05, 4.69) is 34.6 Å². The fourth-order valence-electron chi connectivity index (χ4n) is 5.34. The molecule has 1 aliphatic rings. The highest BCUT2D eigenvalue weighted by Gasteiger charge is 2.36. The molecular weight excluding hydrogens is 490 g/mol. The van der Waals surface area contributed by atoms with Crippen molar-refractivity contribution in [3.63, 3.8) is 0 Å². The summed E-state index contributed by atoms with van der Waals surface area (Å²) in [6.45, 7) is 4.75. The number of imidazole rings is 1. The van der Waals surface area contributed by atoms with Gasteiger partial charge in [-0.3, -0.25) is 19.1 Å². The lowest BCUT2D eigenvalue weighted by Gasteiger charge is -2.37. The molecule has 0 spiro atoms. The van der Waals surface area contributed by atoms with Crippen molar-refractivity contribution in [2.75, 3.05) is 27.2 Å². The van der Waals surface area contributed by atoms with Crippen LogP contribution in [0.25, 0.3) is 21.8 Å². The van der Waals surface area contributed by atoms with Crippen LogP contribution in [0, 0.1) is 0 Å². The molecular formula is C31H37N5O3. The van der Waals surface area contributed by atoms with Gasteiger partial charge in [-0.2, -0.15) is 0 Å².